The van der Waals surface area contributed by atoms with Crippen molar-refractivity contribution in [2.45, 2.75) is 13.0 Å². The lowest BCUT2D eigenvalue weighted by molar-refractivity contribution is 0.620. The van der Waals surface area contributed by atoms with Gasteiger partial charge in [-0.05, 0) is 45.5 Å². The molecule has 0 aliphatic heterocycles. The molecule has 6 heteroatoms. The highest BCUT2D eigenvalue weighted by Crippen LogP contribution is 2.32. The molecule has 1 unspecified atom stereocenters. The van der Waals surface area contributed by atoms with E-state index in [9.17, 15) is 0 Å². The van der Waals surface area contributed by atoms with E-state index in [1.54, 1.807) is 11.3 Å². The van der Waals surface area contributed by atoms with Crippen molar-refractivity contribution < 1.29 is 0 Å². The van der Waals surface area contributed by atoms with Crippen LogP contribution in [0.4, 0.5) is 0 Å². The van der Waals surface area contributed by atoms with Gasteiger partial charge in [-0.25, -0.2) is 0 Å². The Morgan fingerprint density at radius 1 is 1.60 bits per heavy atom. The summed E-state index contributed by atoms with van der Waals surface area (Å²) in [4.78, 5) is 1.25. The molecule has 0 aliphatic carbocycles. The molecule has 2 rings (SSSR count). The monoisotopic (exact) mass is 303 g/mol. The Hall–Kier alpha value is -0.300. The third-order valence-corrected chi connectivity index (χ3v) is 4.45. The molecule has 0 amide bonds. The smallest absolute Gasteiger partial charge is 0.0978 e. The van der Waals surface area contributed by atoms with Gasteiger partial charge in [-0.3, -0.25) is 0 Å². The third-order valence-electron chi connectivity index (χ3n) is 1.99. The topological polar surface area (TPSA) is 37.8 Å². The van der Waals surface area contributed by atoms with Crippen LogP contribution in [0.5, 0.6) is 0 Å². The normalized spacial score (nSPS) is 12.9. The summed E-state index contributed by atoms with van der Waals surface area (Å²) in [6, 6.07) is 2.22. The summed E-state index contributed by atoms with van der Waals surface area (Å²) in [6.45, 7) is 3.00. The SMILES string of the molecule is CCNC(c1csnn1)c1sccc1Br. The largest absolute Gasteiger partial charge is 0.304 e. The van der Waals surface area contributed by atoms with Crippen LogP contribution < -0.4 is 5.32 Å². The van der Waals surface area contributed by atoms with E-state index in [1.807, 2.05) is 5.38 Å². The predicted molar refractivity (Wildman–Crippen MR) is 67.4 cm³/mol. The molecule has 0 fully saturated rings. The van der Waals surface area contributed by atoms with E-state index in [1.165, 1.54) is 16.4 Å². The van der Waals surface area contributed by atoms with Gasteiger partial charge >= 0.3 is 0 Å². The van der Waals surface area contributed by atoms with Crippen LogP contribution in [0.15, 0.2) is 21.3 Å². The number of aromatic nitrogens is 2. The maximum atomic E-state index is 4.12. The Labute approximate surface area is 105 Å². The molecule has 0 spiro atoms. The molecule has 2 heterocycles. The average Bonchev–Trinajstić information content (AvgIpc) is 2.85. The highest BCUT2D eigenvalue weighted by molar-refractivity contribution is 9.10. The highest BCUT2D eigenvalue weighted by atomic mass is 79.9. The van der Waals surface area contributed by atoms with Crippen LogP contribution in [0.25, 0.3) is 0 Å². The van der Waals surface area contributed by atoms with E-state index in [2.05, 4.69) is 49.2 Å². The number of hydrogen-bond donors (Lipinski definition) is 1. The molecule has 1 N–H and O–H groups in total. The van der Waals surface area contributed by atoms with Crippen LogP contribution in [-0.2, 0) is 0 Å². The Balaban J connectivity index is 2.32. The van der Waals surface area contributed by atoms with Crippen molar-refractivity contribution in [3.63, 3.8) is 0 Å². The zero-order valence-corrected chi connectivity index (χ0v) is 11.3. The highest BCUT2D eigenvalue weighted by Gasteiger charge is 2.19. The van der Waals surface area contributed by atoms with E-state index < -0.39 is 0 Å². The van der Waals surface area contributed by atoms with E-state index in [0.717, 1.165) is 16.7 Å². The quantitative estimate of drug-likeness (QED) is 0.943. The summed E-state index contributed by atoms with van der Waals surface area (Å²) in [7, 11) is 0. The van der Waals surface area contributed by atoms with Gasteiger partial charge in [0.25, 0.3) is 0 Å². The molecule has 0 aliphatic rings. The third kappa shape index (κ3) is 2.44. The molecule has 3 nitrogen and oxygen atoms in total. The number of hydrogen-bond acceptors (Lipinski definition) is 5. The Morgan fingerprint density at radius 2 is 2.47 bits per heavy atom. The second-order valence-corrected chi connectivity index (χ2v) is 5.37. The van der Waals surface area contributed by atoms with E-state index in [0.29, 0.717) is 0 Å². The molecular weight excluding hydrogens is 294 g/mol. The van der Waals surface area contributed by atoms with Gasteiger partial charge in [0.15, 0.2) is 0 Å². The molecule has 2 aromatic rings. The summed E-state index contributed by atoms with van der Waals surface area (Å²) in [6.07, 6.45) is 0. The zero-order valence-electron chi connectivity index (χ0n) is 8.11. The molecule has 0 aromatic carbocycles. The molecule has 0 radical (unpaired) electrons. The average molecular weight is 304 g/mol. The van der Waals surface area contributed by atoms with Gasteiger partial charge in [0.05, 0.1) is 11.7 Å². The van der Waals surface area contributed by atoms with Gasteiger partial charge < -0.3 is 5.32 Å². The first-order valence-electron chi connectivity index (χ1n) is 4.56. The summed E-state index contributed by atoms with van der Waals surface area (Å²) in [5.74, 6) is 0. The minimum Gasteiger partial charge on any atom is -0.304 e. The first-order chi connectivity index (χ1) is 7.33. The van der Waals surface area contributed by atoms with Gasteiger partial charge in [0, 0.05) is 14.7 Å². The molecule has 2 aromatic heterocycles. The van der Waals surface area contributed by atoms with E-state index in [4.69, 9.17) is 0 Å². The van der Waals surface area contributed by atoms with Crippen molar-refractivity contribution in [1.29, 1.82) is 0 Å². The van der Waals surface area contributed by atoms with E-state index >= 15 is 0 Å². The Kier molecular flexibility index (Phi) is 3.85. The van der Waals surface area contributed by atoms with Crippen LogP contribution >= 0.6 is 38.8 Å². The number of thiophene rings is 1. The molecule has 0 bridgehead atoms. The van der Waals surface area contributed by atoms with Crippen molar-refractivity contribution >= 4 is 38.8 Å². The predicted octanol–water partition coefficient (Wildman–Crippen LogP) is 3.06. The second kappa shape index (κ2) is 5.16. The number of halogens is 1. The first kappa shape index (κ1) is 11.2. The van der Waals surface area contributed by atoms with Crippen molar-refractivity contribution in [2.75, 3.05) is 6.54 Å². The van der Waals surface area contributed by atoms with Gasteiger partial charge in [-0.15, -0.1) is 16.4 Å². The molecule has 0 saturated heterocycles. The van der Waals surface area contributed by atoms with Crippen LogP contribution in [0.3, 0.4) is 0 Å². The maximum absolute atomic E-state index is 4.12. The Bertz CT molecular complexity index is 413. The van der Waals surface area contributed by atoms with Crippen LogP contribution in [-0.4, -0.2) is 16.1 Å². The summed E-state index contributed by atoms with van der Waals surface area (Å²) < 4.78 is 5.04. The molecule has 1 atom stereocenters. The van der Waals surface area contributed by atoms with Crippen LogP contribution in [0.2, 0.25) is 0 Å². The first-order valence-corrected chi connectivity index (χ1v) is 7.07. The van der Waals surface area contributed by atoms with Crippen LogP contribution in [0.1, 0.15) is 23.5 Å². The lowest BCUT2D eigenvalue weighted by Gasteiger charge is -2.13. The molecule has 80 valence electrons. The Morgan fingerprint density at radius 3 is 3.00 bits per heavy atom. The van der Waals surface area contributed by atoms with Crippen molar-refractivity contribution in [2.24, 2.45) is 0 Å². The van der Waals surface area contributed by atoms with E-state index in [-0.39, 0.29) is 6.04 Å². The number of nitrogens with one attached hydrogen (secondary N) is 1. The van der Waals surface area contributed by atoms with Gasteiger partial charge in [0.2, 0.25) is 0 Å². The second-order valence-electron chi connectivity index (χ2n) is 2.95. The minimum absolute atomic E-state index is 0.156. The lowest BCUT2D eigenvalue weighted by Crippen LogP contribution is -2.21. The number of rotatable bonds is 4. The van der Waals surface area contributed by atoms with Crippen molar-refractivity contribution in [3.8, 4) is 0 Å². The molecule has 15 heavy (non-hydrogen) atoms. The maximum Gasteiger partial charge on any atom is 0.0978 e. The van der Waals surface area contributed by atoms with Crippen LogP contribution in [0, 0.1) is 0 Å². The molecular formula is C9H10BrN3S2. The van der Waals surface area contributed by atoms with Gasteiger partial charge in [-0.1, -0.05) is 11.4 Å². The summed E-state index contributed by atoms with van der Waals surface area (Å²) in [5.41, 5.74) is 0.991. The lowest BCUT2D eigenvalue weighted by atomic mass is 10.2. The fourth-order valence-corrected chi connectivity index (χ4v) is 3.51. The fraction of sp³-hybridized carbons (Fsp3) is 0.333. The summed E-state index contributed by atoms with van der Waals surface area (Å²) in [5, 5.41) is 11.6. The summed E-state index contributed by atoms with van der Waals surface area (Å²) >= 11 is 6.66. The van der Waals surface area contributed by atoms with Gasteiger partial charge in [-0.2, -0.15) is 0 Å². The minimum atomic E-state index is 0.156. The zero-order chi connectivity index (χ0) is 10.7. The fourth-order valence-electron chi connectivity index (χ4n) is 1.34. The standard InChI is InChI=1S/C9H10BrN3S2/c1-2-11-8(7-5-15-13-12-7)9-6(10)3-4-14-9/h3-5,8,11H,2H2,1H3. The van der Waals surface area contributed by atoms with Gasteiger partial charge in [0.1, 0.15) is 0 Å². The number of nitrogens with zero attached hydrogens (tertiary/aromatic N) is 2. The van der Waals surface area contributed by atoms with Crippen molar-refractivity contribution in [1.82, 2.24) is 14.9 Å². The van der Waals surface area contributed by atoms with Crippen molar-refractivity contribution in [3.05, 3.63) is 31.9 Å². The molecule has 0 saturated carbocycles.